The summed E-state index contributed by atoms with van der Waals surface area (Å²) >= 11 is 3.55. The van der Waals surface area contributed by atoms with E-state index in [9.17, 15) is 4.79 Å². The van der Waals surface area contributed by atoms with Gasteiger partial charge in [0.25, 0.3) is 0 Å². The summed E-state index contributed by atoms with van der Waals surface area (Å²) in [6.45, 7) is 6.42. The number of alkyl halides is 1. The molecule has 1 aliphatic carbocycles. The van der Waals surface area contributed by atoms with Crippen molar-refractivity contribution in [3.05, 3.63) is 0 Å². The second-order valence-corrected chi connectivity index (χ2v) is 6.26. The fourth-order valence-corrected chi connectivity index (χ4v) is 3.53. The molecule has 0 radical (unpaired) electrons. The molecule has 1 amide bonds. The van der Waals surface area contributed by atoms with Gasteiger partial charge in [-0.15, -0.1) is 0 Å². The predicted octanol–water partition coefficient (Wildman–Crippen LogP) is 4.03. The van der Waals surface area contributed by atoms with Gasteiger partial charge in [-0.25, -0.2) is 0 Å². The number of nitrogens with one attached hydrogen (secondary N) is 1. The highest BCUT2D eigenvalue weighted by Gasteiger charge is 2.38. The van der Waals surface area contributed by atoms with E-state index < -0.39 is 0 Å². The van der Waals surface area contributed by atoms with E-state index in [-0.39, 0.29) is 16.9 Å². The van der Waals surface area contributed by atoms with Crippen molar-refractivity contribution < 1.29 is 4.79 Å². The lowest BCUT2D eigenvalue weighted by Gasteiger charge is -2.38. The van der Waals surface area contributed by atoms with Gasteiger partial charge in [0.05, 0.1) is 0 Å². The third kappa shape index (κ3) is 3.46. The molecule has 0 heterocycles. The molecule has 0 bridgehead atoms. The number of carbonyl (C=O) groups is 1. The fourth-order valence-electron chi connectivity index (χ4n) is 2.60. The van der Waals surface area contributed by atoms with Gasteiger partial charge in [0.2, 0.25) is 5.91 Å². The molecule has 0 aromatic heterocycles. The maximum absolute atomic E-state index is 12.5. The first-order valence-electron chi connectivity index (χ1n) is 6.90. The normalized spacial score (nSPS) is 20.0. The molecular weight excluding hydrogens is 278 g/mol. The Hall–Kier alpha value is -0.0500. The summed E-state index contributed by atoms with van der Waals surface area (Å²) in [5.41, 5.74) is -0.187. The Balaban J connectivity index is 2.69. The predicted molar refractivity (Wildman–Crippen MR) is 76.4 cm³/mol. The smallest absolute Gasteiger partial charge is 0.226 e. The van der Waals surface area contributed by atoms with E-state index in [1.54, 1.807) is 0 Å². The van der Waals surface area contributed by atoms with Crippen LogP contribution in [0.3, 0.4) is 0 Å². The Kier molecular flexibility index (Phi) is 5.49. The standard InChI is InChI=1S/C14H26BrNO/c1-4-14(5-2,11-15)16-12(17)13(3)9-7-6-8-10-13/h4-11H2,1-3H3,(H,16,17). The van der Waals surface area contributed by atoms with E-state index in [0.717, 1.165) is 31.0 Å². The number of hydrogen-bond acceptors (Lipinski definition) is 1. The number of hydrogen-bond donors (Lipinski definition) is 1. The zero-order chi connectivity index (χ0) is 12.9. The lowest BCUT2D eigenvalue weighted by Crippen LogP contribution is -2.54. The highest BCUT2D eigenvalue weighted by atomic mass is 79.9. The van der Waals surface area contributed by atoms with Crippen LogP contribution in [0.2, 0.25) is 0 Å². The average molecular weight is 304 g/mol. The number of amides is 1. The summed E-state index contributed by atoms with van der Waals surface area (Å²) in [7, 11) is 0. The Morgan fingerprint density at radius 2 is 1.76 bits per heavy atom. The van der Waals surface area contributed by atoms with E-state index in [4.69, 9.17) is 0 Å². The van der Waals surface area contributed by atoms with Crippen LogP contribution in [0.25, 0.3) is 0 Å². The molecule has 1 aliphatic rings. The molecule has 2 nitrogen and oxygen atoms in total. The van der Waals surface area contributed by atoms with Gasteiger partial charge in [-0.3, -0.25) is 4.79 Å². The molecule has 1 saturated carbocycles. The van der Waals surface area contributed by atoms with Crippen molar-refractivity contribution >= 4 is 21.8 Å². The summed E-state index contributed by atoms with van der Waals surface area (Å²) in [4.78, 5) is 12.5. The van der Waals surface area contributed by atoms with Gasteiger partial charge in [-0.05, 0) is 25.7 Å². The van der Waals surface area contributed by atoms with Crippen molar-refractivity contribution in [1.29, 1.82) is 0 Å². The fraction of sp³-hybridized carbons (Fsp3) is 0.929. The van der Waals surface area contributed by atoms with Gasteiger partial charge in [-0.2, -0.15) is 0 Å². The van der Waals surface area contributed by atoms with E-state index >= 15 is 0 Å². The largest absolute Gasteiger partial charge is 0.349 e. The van der Waals surface area contributed by atoms with Gasteiger partial charge in [0, 0.05) is 16.3 Å². The SMILES string of the molecule is CCC(CC)(CBr)NC(=O)C1(C)CCCCC1. The first-order chi connectivity index (χ1) is 8.02. The molecule has 0 spiro atoms. The van der Waals surface area contributed by atoms with Crippen molar-refractivity contribution in [2.24, 2.45) is 5.41 Å². The van der Waals surface area contributed by atoms with Crippen LogP contribution in [-0.2, 0) is 4.79 Å². The molecule has 0 saturated heterocycles. The van der Waals surface area contributed by atoms with Crippen molar-refractivity contribution in [2.75, 3.05) is 5.33 Å². The van der Waals surface area contributed by atoms with Gasteiger partial charge < -0.3 is 5.32 Å². The lowest BCUT2D eigenvalue weighted by atomic mass is 9.74. The van der Waals surface area contributed by atoms with E-state index in [2.05, 4.69) is 42.0 Å². The molecule has 1 fully saturated rings. The van der Waals surface area contributed by atoms with Crippen molar-refractivity contribution in [3.8, 4) is 0 Å². The molecule has 0 aromatic rings. The minimum Gasteiger partial charge on any atom is -0.349 e. The van der Waals surface area contributed by atoms with Crippen LogP contribution < -0.4 is 5.32 Å². The molecule has 1 rings (SSSR count). The van der Waals surface area contributed by atoms with Crippen LogP contribution in [-0.4, -0.2) is 16.8 Å². The van der Waals surface area contributed by atoms with Gasteiger partial charge >= 0.3 is 0 Å². The zero-order valence-corrected chi connectivity index (χ0v) is 13.0. The van der Waals surface area contributed by atoms with Crippen molar-refractivity contribution in [2.45, 2.75) is 71.3 Å². The molecular formula is C14H26BrNO. The summed E-state index contributed by atoms with van der Waals surface area (Å²) in [5, 5.41) is 4.15. The molecule has 0 aromatic carbocycles. The maximum atomic E-state index is 12.5. The lowest BCUT2D eigenvalue weighted by molar-refractivity contribution is -0.133. The number of carbonyl (C=O) groups excluding carboxylic acids is 1. The van der Waals surface area contributed by atoms with Crippen molar-refractivity contribution in [1.82, 2.24) is 5.32 Å². The van der Waals surface area contributed by atoms with Crippen LogP contribution in [0.4, 0.5) is 0 Å². The van der Waals surface area contributed by atoms with Crippen LogP contribution >= 0.6 is 15.9 Å². The van der Waals surface area contributed by atoms with Crippen LogP contribution in [0.5, 0.6) is 0 Å². The van der Waals surface area contributed by atoms with Crippen molar-refractivity contribution in [3.63, 3.8) is 0 Å². The Morgan fingerprint density at radius 3 is 2.18 bits per heavy atom. The summed E-state index contributed by atoms with van der Waals surface area (Å²) in [5.74, 6) is 0.264. The Bertz CT molecular complexity index is 247. The molecule has 100 valence electrons. The summed E-state index contributed by atoms with van der Waals surface area (Å²) < 4.78 is 0. The quantitative estimate of drug-likeness (QED) is 0.763. The highest BCUT2D eigenvalue weighted by Crippen LogP contribution is 2.36. The molecule has 3 heteroatoms. The maximum Gasteiger partial charge on any atom is 0.226 e. The summed E-state index contributed by atoms with van der Waals surface area (Å²) in [6.07, 6.45) is 7.74. The third-order valence-electron chi connectivity index (χ3n) is 4.49. The van der Waals surface area contributed by atoms with Gasteiger partial charge in [0.1, 0.15) is 0 Å². The monoisotopic (exact) mass is 303 g/mol. The van der Waals surface area contributed by atoms with Gasteiger partial charge in [-0.1, -0.05) is 56.0 Å². The first-order valence-corrected chi connectivity index (χ1v) is 8.02. The topological polar surface area (TPSA) is 29.1 Å². The van der Waals surface area contributed by atoms with Crippen LogP contribution in [0, 0.1) is 5.41 Å². The van der Waals surface area contributed by atoms with E-state index in [1.165, 1.54) is 19.3 Å². The number of halogens is 1. The molecule has 0 unspecified atom stereocenters. The average Bonchev–Trinajstić information content (AvgIpc) is 2.37. The highest BCUT2D eigenvalue weighted by molar-refractivity contribution is 9.09. The second-order valence-electron chi connectivity index (χ2n) is 5.70. The van der Waals surface area contributed by atoms with E-state index in [1.807, 2.05) is 0 Å². The Morgan fingerprint density at radius 1 is 1.24 bits per heavy atom. The zero-order valence-electron chi connectivity index (χ0n) is 11.4. The number of rotatable bonds is 5. The minimum atomic E-state index is -0.129. The molecule has 1 N–H and O–H groups in total. The summed E-state index contributed by atoms with van der Waals surface area (Å²) in [6, 6.07) is 0. The van der Waals surface area contributed by atoms with Crippen LogP contribution in [0.1, 0.15) is 65.7 Å². The first kappa shape index (κ1) is 15.0. The minimum absolute atomic E-state index is 0.0580. The third-order valence-corrected chi connectivity index (χ3v) is 5.57. The van der Waals surface area contributed by atoms with E-state index in [0.29, 0.717) is 0 Å². The molecule has 0 aliphatic heterocycles. The molecule has 0 atom stereocenters. The van der Waals surface area contributed by atoms with Crippen LogP contribution in [0.15, 0.2) is 0 Å². The molecule has 17 heavy (non-hydrogen) atoms. The Labute approximate surface area is 114 Å². The second kappa shape index (κ2) is 6.21. The van der Waals surface area contributed by atoms with Gasteiger partial charge in [0.15, 0.2) is 0 Å².